The zero-order chi connectivity index (χ0) is 19.7. The Morgan fingerprint density at radius 3 is 2.52 bits per heavy atom. The molecule has 3 rings (SSSR count). The van der Waals surface area contributed by atoms with Gasteiger partial charge < -0.3 is 9.84 Å². The van der Waals surface area contributed by atoms with Crippen LogP contribution in [0.4, 0.5) is 0 Å². The highest BCUT2D eigenvalue weighted by atomic mass is 32.2. The number of ether oxygens (including phenoxy) is 1. The maximum absolute atomic E-state index is 13.0. The van der Waals surface area contributed by atoms with Gasteiger partial charge in [-0.1, -0.05) is 0 Å². The van der Waals surface area contributed by atoms with Gasteiger partial charge in [0.25, 0.3) is 0 Å². The van der Waals surface area contributed by atoms with Crippen LogP contribution in [0.25, 0.3) is 11.4 Å². The molecule has 0 unspecified atom stereocenters. The van der Waals surface area contributed by atoms with Gasteiger partial charge in [-0.15, -0.1) is 0 Å². The Morgan fingerprint density at radius 2 is 1.89 bits per heavy atom. The van der Waals surface area contributed by atoms with Gasteiger partial charge in [0.15, 0.2) is 21.4 Å². The quantitative estimate of drug-likeness (QED) is 0.765. The van der Waals surface area contributed by atoms with Gasteiger partial charge in [-0.25, -0.2) is 13.4 Å². The second kappa shape index (κ2) is 7.40. The van der Waals surface area contributed by atoms with Crippen LogP contribution in [0.2, 0.25) is 0 Å². The number of Topliss-reactive ketones (excluding diaryl/α,β-unsaturated/α-hetero) is 1. The number of hydrogen-bond acceptors (Lipinski definition) is 7. The molecule has 1 saturated heterocycles. The number of hydrogen-bond donors (Lipinski definition) is 2. The number of carbonyl (C=O) groups is 1. The van der Waals surface area contributed by atoms with Gasteiger partial charge in [0, 0.05) is 18.8 Å². The minimum absolute atomic E-state index is 0.129. The summed E-state index contributed by atoms with van der Waals surface area (Å²) < 4.78 is 29.6. The molecule has 1 fully saturated rings. The molecule has 27 heavy (non-hydrogen) atoms. The van der Waals surface area contributed by atoms with Crippen molar-refractivity contribution < 1.29 is 23.1 Å². The van der Waals surface area contributed by atoms with Crippen LogP contribution in [0, 0.1) is 0 Å². The summed E-state index contributed by atoms with van der Waals surface area (Å²) in [6.45, 7) is 3.70. The Labute approximate surface area is 157 Å². The molecule has 9 heteroatoms. The van der Waals surface area contributed by atoms with Gasteiger partial charge in [0.1, 0.15) is 16.3 Å². The van der Waals surface area contributed by atoms with E-state index < -0.39 is 25.6 Å². The van der Waals surface area contributed by atoms with E-state index in [1.807, 2.05) is 0 Å². The van der Waals surface area contributed by atoms with Crippen LogP contribution in [0.3, 0.4) is 0 Å². The lowest BCUT2D eigenvalue weighted by Gasteiger charge is -2.31. The highest BCUT2D eigenvalue weighted by Crippen LogP contribution is 2.29. The fraction of sp³-hybridized carbons (Fsp3) is 0.500. The standard InChI is InChI=1S/C18H23N3O5S/c1-18(2,27(24,25)14-7-9-26-10-8-14)15(23)11-16-19-17(21-20-16)12-3-5-13(22)6-4-12/h3-6,14,22H,7-11H2,1-2H3,(H,19,20,21). The number of nitrogens with one attached hydrogen (secondary N) is 1. The molecule has 1 aromatic heterocycles. The molecule has 1 aliphatic rings. The zero-order valence-electron chi connectivity index (χ0n) is 15.3. The Hall–Kier alpha value is -2.26. The number of ketones is 1. The molecular formula is C18H23N3O5S. The number of rotatable bonds is 6. The number of aromatic amines is 1. The lowest BCUT2D eigenvalue weighted by molar-refractivity contribution is -0.120. The number of phenolic OH excluding ortho intramolecular Hbond substituents is 1. The molecule has 0 spiro atoms. The summed E-state index contributed by atoms with van der Waals surface area (Å²) in [7, 11) is -3.65. The third-order valence-corrected chi connectivity index (χ3v) is 7.97. The second-order valence-electron chi connectivity index (χ2n) is 7.12. The topological polar surface area (TPSA) is 122 Å². The van der Waals surface area contributed by atoms with Crippen LogP contribution in [0.1, 0.15) is 32.5 Å². The molecule has 0 atom stereocenters. The van der Waals surface area contributed by atoms with Crippen molar-refractivity contribution in [3.63, 3.8) is 0 Å². The molecule has 2 aromatic rings. The Kier molecular flexibility index (Phi) is 5.34. The molecule has 0 aliphatic carbocycles. The van der Waals surface area contributed by atoms with Gasteiger partial charge in [0.2, 0.25) is 0 Å². The molecular weight excluding hydrogens is 370 g/mol. The van der Waals surface area contributed by atoms with Gasteiger partial charge >= 0.3 is 0 Å². The van der Waals surface area contributed by atoms with Crippen LogP contribution in [-0.4, -0.2) is 57.7 Å². The largest absolute Gasteiger partial charge is 0.508 e. The molecule has 2 heterocycles. The minimum atomic E-state index is -3.65. The van der Waals surface area contributed by atoms with Crippen molar-refractivity contribution >= 4 is 15.6 Å². The molecule has 0 amide bonds. The number of H-pyrrole nitrogens is 1. The van der Waals surface area contributed by atoms with Crippen molar-refractivity contribution in [1.29, 1.82) is 0 Å². The van der Waals surface area contributed by atoms with Crippen molar-refractivity contribution in [2.24, 2.45) is 0 Å². The summed E-state index contributed by atoms with van der Waals surface area (Å²) in [5.74, 6) is 0.383. The molecule has 1 aliphatic heterocycles. The van der Waals surface area contributed by atoms with E-state index in [9.17, 15) is 18.3 Å². The van der Waals surface area contributed by atoms with Crippen LogP contribution in [0.5, 0.6) is 5.75 Å². The summed E-state index contributed by atoms with van der Waals surface area (Å²) in [6, 6.07) is 6.34. The summed E-state index contributed by atoms with van der Waals surface area (Å²) in [4.78, 5) is 17.1. The first-order chi connectivity index (χ1) is 12.7. The second-order valence-corrected chi connectivity index (χ2v) is 9.90. The lowest BCUT2D eigenvalue weighted by Crippen LogP contribution is -2.48. The predicted molar refractivity (Wildman–Crippen MR) is 99.0 cm³/mol. The average molecular weight is 393 g/mol. The minimum Gasteiger partial charge on any atom is -0.508 e. The summed E-state index contributed by atoms with van der Waals surface area (Å²) >= 11 is 0. The van der Waals surface area contributed by atoms with Crippen LogP contribution in [0.15, 0.2) is 24.3 Å². The Balaban J connectivity index is 1.75. The van der Waals surface area contributed by atoms with Crippen LogP contribution in [-0.2, 0) is 25.8 Å². The van der Waals surface area contributed by atoms with E-state index in [4.69, 9.17) is 4.74 Å². The number of carbonyl (C=O) groups excluding carboxylic acids is 1. The zero-order valence-corrected chi connectivity index (χ0v) is 16.1. The summed E-state index contributed by atoms with van der Waals surface area (Å²) in [5.41, 5.74) is 0.678. The number of phenols is 1. The summed E-state index contributed by atoms with van der Waals surface area (Å²) in [6.07, 6.45) is 0.666. The number of aromatic hydroxyl groups is 1. The van der Waals surface area contributed by atoms with Gasteiger partial charge in [-0.3, -0.25) is 9.89 Å². The third-order valence-electron chi connectivity index (χ3n) is 4.98. The van der Waals surface area contributed by atoms with Crippen LogP contribution >= 0.6 is 0 Å². The van der Waals surface area contributed by atoms with E-state index in [1.165, 1.54) is 26.0 Å². The monoisotopic (exact) mass is 393 g/mol. The Bertz CT molecular complexity index is 913. The molecule has 0 saturated carbocycles. The van der Waals surface area contributed by atoms with E-state index in [2.05, 4.69) is 15.2 Å². The maximum atomic E-state index is 13.0. The number of sulfone groups is 1. The highest BCUT2D eigenvalue weighted by Gasteiger charge is 2.46. The molecule has 1 aromatic carbocycles. The van der Waals surface area contributed by atoms with E-state index in [0.29, 0.717) is 43.3 Å². The summed E-state index contributed by atoms with van der Waals surface area (Å²) in [5, 5.41) is 15.5. The fourth-order valence-electron chi connectivity index (χ4n) is 3.04. The average Bonchev–Trinajstić information content (AvgIpc) is 3.11. The van der Waals surface area contributed by atoms with Crippen molar-refractivity contribution in [2.75, 3.05) is 13.2 Å². The molecule has 146 valence electrons. The van der Waals surface area contributed by atoms with Crippen LogP contribution < -0.4 is 0 Å². The van der Waals surface area contributed by atoms with Crippen molar-refractivity contribution in [2.45, 2.75) is 43.1 Å². The molecule has 8 nitrogen and oxygen atoms in total. The lowest BCUT2D eigenvalue weighted by atomic mass is 10.1. The van der Waals surface area contributed by atoms with Crippen molar-refractivity contribution in [1.82, 2.24) is 15.2 Å². The van der Waals surface area contributed by atoms with E-state index in [1.54, 1.807) is 12.1 Å². The fourth-order valence-corrected chi connectivity index (χ4v) is 5.08. The molecule has 0 radical (unpaired) electrons. The van der Waals surface area contributed by atoms with Gasteiger partial charge in [-0.05, 0) is 51.0 Å². The normalized spacial score (nSPS) is 16.4. The molecule has 2 N–H and O–H groups in total. The highest BCUT2D eigenvalue weighted by molar-refractivity contribution is 7.94. The Morgan fingerprint density at radius 1 is 1.26 bits per heavy atom. The first-order valence-electron chi connectivity index (χ1n) is 8.77. The first-order valence-corrected chi connectivity index (χ1v) is 10.3. The molecule has 0 bridgehead atoms. The van der Waals surface area contributed by atoms with E-state index in [-0.39, 0.29) is 12.2 Å². The smallest absolute Gasteiger partial charge is 0.181 e. The predicted octanol–water partition coefficient (Wildman–Crippen LogP) is 1.66. The van der Waals surface area contributed by atoms with Gasteiger partial charge in [0.05, 0.1) is 11.7 Å². The first kappa shape index (κ1) is 19.5. The van der Waals surface area contributed by atoms with Gasteiger partial charge in [-0.2, -0.15) is 5.10 Å². The van der Waals surface area contributed by atoms with Crippen molar-refractivity contribution in [3.8, 4) is 17.1 Å². The SMILES string of the molecule is CC(C)(C(=O)Cc1nc(-c2ccc(O)cc2)n[nH]1)S(=O)(=O)C1CCOCC1. The maximum Gasteiger partial charge on any atom is 0.181 e. The van der Waals surface area contributed by atoms with E-state index in [0.717, 1.165) is 0 Å². The number of nitrogens with zero attached hydrogens (tertiary/aromatic N) is 2. The third kappa shape index (κ3) is 3.89. The number of aromatic nitrogens is 3. The van der Waals surface area contributed by atoms with E-state index >= 15 is 0 Å². The van der Waals surface area contributed by atoms with Crippen molar-refractivity contribution in [3.05, 3.63) is 30.1 Å². The number of benzene rings is 1.